The number of rotatable bonds is 8. The lowest BCUT2D eigenvalue weighted by Crippen LogP contribution is -2.50. The molecule has 0 fully saturated rings. The van der Waals surface area contributed by atoms with Crippen LogP contribution in [0.3, 0.4) is 0 Å². The molecule has 0 aromatic heterocycles. The van der Waals surface area contributed by atoms with E-state index < -0.39 is 17.9 Å². The van der Waals surface area contributed by atoms with E-state index in [1.807, 2.05) is 30.3 Å². The predicted molar refractivity (Wildman–Crippen MR) is 94.8 cm³/mol. The highest BCUT2D eigenvalue weighted by atomic mass is 16.2. The van der Waals surface area contributed by atoms with E-state index >= 15 is 0 Å². The Morgan fingerprint density at radius 2 is 1.80 bits per heavy atom. The van der Waals surface area contributed by atoms with Gasteiger partial charge in [-0.1, -0.05) is 36.4 Å². The molecule has 1 aromatic carbocycles. The first-order valence-electron chi connectivity index (χ1n) is 7.81. The Labute approximate surface area is 147 Å². The van der Waals surface area contributed by atoms with Crippen LogP contribution in [0.2, 0.25) is 0 Å². The van der Waals surface area contributed by atoms with Gasteiger partial charge in [0.05, 0.1) is 0 Å². The van der Waals surface area contributed by atoms with E-state index in [1.54, 1.807) is 20.2 Å². The molecule has 0 aliphatic carbocycles. The van der Waals surface area contributed by atoms with E-state index in [0.29, 0.717) is 6.29 Å². The van der Waals surface area contributed by atoms with Crippen molar-refractivity contribution in [1.82, 2.24) is 15.1 Å². The number of amides is 3. The third-order valence-corrected chi connectivity index (χ3v) is 3.54. The molecule has 1 unspecified atom stereocenters. The Balaban J connectivity index is 2.90. The molecule has 1 rings (SSSR count). The van der Waals surface area contributed by atoms with Crippen molar-refractivity contribution in [2.75, 3.05) is 27.7 Å². The van der Waals surface area contributed by atoms with Gasteiger partial charge in [-0.25, -0.2) is 4.79 Å². The van der Waals surface area contributed by atoms with Gasteiger partial charge in [-0.05, 0) is 11.6 Å². The first-order chi connectivity index (χ1) is 11.9. The number of benzene rings is 1. The van der Waals surface area contributed by atoms with Crippen LogP contribution in [0.4, 0.5) is 4.79 Å². The first kappa shape index (κ1) is 20.1. The molecule has 1 aromatic rings. The number of carbonyl (C=O) groups is 4. The van der Waals surface area contributed by atoms with Crippen molar-refractivity contribution in [3.05, 3.63) is 42.0 Å². The minimum Gasteiger partial charge on any atom is -0.349 e. The van der Waals surface area contributed by atoms with Crippen LogP contribution in [0.25, 0.3) is 6.08 Å². The normalized spacial score (nSPS) is 11.6. The lowest BCUT2D eigenvalue weighted by atomic mass is 10.1. The molecule has 7 heteroatoms. The zero-order valence-electron chi connectivity index (χ0n) is 14.6. The minimum atomic E-state index is -1.28. The zero-order valence-corrected chi connectivity index (χ0v) is 14.6. The number of aldehydes is 1. The second-order valence-electron chi connectivity index (χ2n) is 5.51. The first-order valence-corrected chi connectivity index (χ1v) is 7.81. The Hall–Kier alpha value is -2.96. The Kier molecular flexibility index (Phi) is 8.05. The molecule has 0 aliphatic heterocycles. The van der Waals surface area contributed by atoms with Crippen molar-refractivity contribution in [1.29, 1.82) is 0 Å². The van der Waals surface area contributed by atoms with Gasteiger partial charge >= 0.3 is 6.03 Å². The molecule has 3 amide bonds. The lowest BCUT2D eigenvalue weighted by molar-refractivity contribution is -0.130. The number of carbonyl (C=O) groups excluding carboxylic acids is 4. The number of nitrogens with one attached hydrogen (secondary N) is 1. The molecule has 134 valence electrons. The third kappa shape index (κ3) is 6.21. The van der Waals surface area contributed by atoms with Crippen molar-refractivity contribution in [3.63, 3.8) is 0 Å². The molecule has 0 bridgehead atoms. The van der Waals surface area contributed by atoms with Gasteiger partial charge in [0, 0.05) is 34.1 Å². The molecular weight excluding hydrogens is 322 g/mol. The topological polar surface area (TPSA) is 86.8 Å². The SMILES string of the molecule is CNC(=O)N(CCC(=O)N(C)C)C(C=O)C(=O)C=Cc1ccccc1. The van der Waals surface area contributed by atoms with Gasteiger partial charge in [0.1, 0.15) is 0 Å². The molecule has 25 heavy (non-hydrogen) atoms. The summed E-state index contributed by atoms with van der Waals surface area (Å²) in [6.07, 6.45) is 3.26. The van der Waals surface area contributed by atoms with Gasteiger partial charge in [-0.3, -0.25) is 9.59 Å². The van der Waals surface area contributed by atoms with Crippen molar-refractivity contribution in [2.45, 2.75) is 12.5 Å². The second-order valence-corrected chi connectivity index (χ2v) is 5.51. The van der Waals surface area contributed by atoms with Crippen LogP contribution >= 0.6 is 0 Å². The number of hydrogen-bond donors (Lipinski definition) is 1. The van der Waals surface area contributed by atoms with E-state index in [1.165, 1.54) is 18.0 Å². The monoisotopic (exact) mass is 345 g/mol. The van der Waals surface area contributed by atoms with Crippen LogP contribution in [0.5, 0.6) is 0 Å². The summed E-state index contributed by atoms with van der Waals surface area (Å²) in [6, 6.07) is 7.25. The molecule has 7 nitrogen and oxygen atoms in total. The number of ketones is 1. The van der Waals surface area contributed by atoms with Gasteiger partial charge in [-0.2, -0.15) is 0 Å². The average molecular weight is 345 g/mol. The molecule has 1 atom stereocenters. The van der Waals surface area contributed by atoms with Gasteiger partial charge < -0.3 is 19.9 Å². The molecule has 0 saturated carbocycles. The fraction of sp³-hybridized carbons (Fsp3) is 0.333. The Morgan fingerprint density at radius 1 is 1.16 bits per heavy atom. The fourth-order valence-electron chi connectivity index (χ4n) is 2.09. The highest BCUT2D eigenvalue weighted by molar-refractivity contribution is 6.08. The Bertz CT molecular complexity index is 641. The fourth-order valence-corrected chi connectivity index (χ4v) is 2.09. The van der Waals surface area contributed by atoms with E-state index in [-0.39, 0.29) is 18.9 Å². The Morgan fingerprint density at radius 3 is 2.32 bits per heavy atom. The van der Waals surface area contributed by atoms with Crippen LogP contribution in [0, 0.1) is 0 Å². The molecule has 0 saturated heterocycles. The molecule has 0 spiro atoms. The highest BCUT2D eigenvalue weighted by Gasteiger charge is 2.28. The number of urea groups is 1. The molecule has 0 aliphatic rings. The van der Waals surface area contributed by atoms with Crippen LogP contribution in [0.1, 0.15) is 12.0 Å². The van der Waals surface area contributed by atoms with Crippen LogP contribution in [-0.2, 0) is 14.4 Å². The van der Waals surface area contributed by atoms with E-state index in [9.17, 15) is 19.2 Å². The smallest absolute Gasteiger partial charge is 0.318 e. The van der Waals surface area contributed by atoms with Gasteiger partial charge in [-0.15, -0.1) is 0 Å². The maximum atomic E-state index is 12.4. The molecule has 0 radical (unpaired) electrons. The summed E-state index contributed by atoms with van der Waals surface area (Å²) in [6.45, 7) is -0.0367. The number of nitrogens with zero attached hydrogens (tertiary/aromatic N) is 2. The van der Waals surface area contributed by atoms with Crippen molar-refractivity contribution < 1.29 is 19.2 Å². The average Bonchev–Trinajstić information content (AvgIpc) is 2.62. The predicted octanol–water partition coefficient (Wildman–Crippen LogP) is 0.956. The van der Waals surface area contributed by atoms with Gasteiger partial charge in [0.2, 0.25) is 5.91 Å². The largest absolute Gasteiger partial charge is 0.349 e. The summed E-state index contributed by atoms with van der Waals surface area (Å²) < 4.78 is 0. The summed E-state index contributed by atoms with van der Waals surface area (Å²) >= 11 is 0. The van der Waals surface area contributed by atoms with E-state index in [0.717, 1.165) is 10.5 Å². The van der Waals surface area contributed by atoms with Crippen LogP contribution in [0.15, 0.2) is 36.4 Å². The molecule has 1 N–H and O–H groups in total. The number of hydrogen-bond acceptors (Lipinski definition) is 4. The second kappa shape index (κ2) is 10.0. The van der Waals surface area contributed by atoms with Crippen LogP contribution < -0.4 is 5.32 Å². The maximum absolute atomic E-state index is 12.4. The van der Waals surface area contributed by atoms with E-state index in [4.69, 9.17) is 0 Å². The zero-order chi connectivity index (χ0) is 18.8. The van der Waals surface area contributed by atoms with Crippen molar-refractivity contribution >= 4 is 30.1 Å². The minimum absolute atomic E-state index is 0.0143. The van der Waals surface area contributed by atoms with E-state index in [2.05, 4.69) is 5.32 Å². The summed E-state index contributed by atoms with van der Waals surface area (Å²) in [7, 11) is 4.59. The molecule has 0 heterocycles. The summed E-state index contributed by atoms with van der Waals surface area (Å²) in [5.41, 5.74) is 0.801. The van der Waals surface area contributed by atoms with Crippen molar-refractivity contribution in [2.24, 2.45) is 0 Å². The summed E-state index contributed by atoms with van der Waals surface area (Å²) in [4.78, 5) is 50.0. The van der Waals surface area contributed by atoms with Gasteiger partial charge in [0.25, 0.3) is 0 Å². The standard InChI is InChI=1S/C18H23N3O4/c1-19-18(25)21(12-11-17(24)20(2)3)15(13-22)16(23)10-9-14-7-5-4-6-8-14/h4-10,13,15H,11-12H2,1-3H3,(H,19,25). The summed E-state index contributed by atoms with van der Waals surface area (Å²) in [5.74, 6) is -0.731. The third-order valence-electron chi connectivity index (χ3n) is 3.54. The highest BCUT2D eigenvalue weighted by Crippen LogP contribution is 2.06. The van der Waals surface area contributed by atoms with Crippen LogP contribution in [-0.4, -0.2) is 67.5 Å². The maximum Gasteiger partial charge on any atom is 0.318 e. The van der Waals surface area contributed by atoms with Gasteiger partial charge in [0.15, 0.2) is 18.1 Å². The van der Waals surface area contributed by atoms with Crippen molar-refractivity contribution in [3.8, 4) is 0 Å². The summed E-state index contributed by atoms with van der Waals surface area (Å²) in [5, 5.41) is 2.39. The molecular formula is C18H23N3O4. The quantitative estimate of drug-likeness (QED) is 0.432. The lowest BCUT2D eigenvalue weighted by Gasteiger charge is -2.26.